The summed E-state index contributed by atoms with van der Waals surface area (Å²) in [5, 5.41) is 22.0. The highest BCUT2D eigenvalue weighted by molar-refractivity contribution is 6.31. The number of halogens is 2. The monoisotopic (exact) mass is 406 g/mol. The van der Waals surface area contributed by atoms with Crippen molar-refractivity contribution in [3.05, 3.63) is 69.0 Å². The molecule has 0 saturated carbocycles. The zero-order chi connectivity index (χ0) is 20.4. The normalized spacial score (nSPS) is 12.0. The average molecular weight is 407 g/mol. The van der Waals surface area contributed by atoms with Crippen LogP contribution in [0.4, 0.5) is 15.8 Å². The molecule has 1 unspecified atom stereocenters. The van der Waals surface area contributed by atoms with E-state index in [-0.39, 0.29) is 16.4 Å². The van der Waals surface area contributed by atoms with Crippen LogP contribution in [0.25, 0.3) is 0 Å². The Balaban J connectivity index is 1.69. The molecule has 3 aromatic rings. The highest BCUT2D eigenvalue weighted by atomic mass is 35.5. The average Bonchev–Trinajstić information content (AvgIpc) is 3.23. The number of carbonyl (C=O) groups is 1. The highest BCUT2D eigenvalue weighted by Crippen LogP contribution is 2.22. The number of amides is 1. The van der Waals surface area contributed by atoms with E-state index in [1.807, 2.05) is 0 Å². The van der Waals surface area contributed by atoms with Gasteiger partial charge in [-0.2, -0.15) is 10.2 Å². The van der Waals surface area contributed by atoms with E-state index in [1.54, 1.807) is 23.9 Å². The van der Waals surface area contributed by atoms with Crippen molar-refractivity contribution in [3.8, 4) is 0 Å². The summed E-state index contributed by atoms with van der Waals surface area (Å²) in [4.78, 5) is 22.8. The van der Waals surface area contributed by atoms with Gasteiger partial charge >= 0.3 is 5.69 Å². The second-order valence-electron chi connectivity index (χ2n) is 6.14. The van der Waals surface area contributed by atoms with Crippen LogP contribution in [0, 0.1) is 22.9 Å². The third-order valence-corrected chi connectivity index (χ3v) is 4.56. The largest absolute Gasteiger partial charge is 0.322 e. The van der Waals surface area contributed by atoms with Crippen molar-refractivity contribution in [3.63, 3.8) is 0 Å². The molecule has 0 aliphatic heterocycles. The van der Waals surface area contributed by atoms with E-state index in [0.717, 1.165) is 6.20 Å². The molecular weight excluding hydrogens is 391 g/mol. The predicted molar refractivity (Wildman–Crippen MR) is 99.7 cm³/mol. The second-order valence-corrected chi connectivity index (χ2v) is 6.55. The van der Waals surface area contributed by atoms with Gasteiger partial charge in [-0.05, 0) is 31.5 Å². The topological polar surface area (TPSA) is 108 Å². The van der Waals surface area contributed by atoms with Gasteiger partial charge in [0.1, 0.15) is 23.7 Å². The lowest BCUT2D eigenvalue weighted by Gasteiger charge is -2.13. The maximum absolute atomic E-state index is 13.1. The van der Waals surface area contributed by atoms with Gasteiger partial charge in [-0.3, -0.25) is 24.3 Å². The van der Waals surface area contributed by atoms with Crippen LogP contribution in [0.1, 0.15) is 24.2 Å². The molecule has 3 rings (SSSR count). The molecule has 2 aromatic heterocycles. The van der Waals surface area contributed by atoms with Crippen LogP contribution in [-0.4, -0.2) is 30.4 Å². The van der Waals surface area contributed by atoms with E-state index in [4.69, 9.17) is 11.6 Å². The summed E-state index contributed by atoms with van der Waals surface area (Å²) in [6.07, 6.45) is 4.17. The third-order valence-electron chi connectivity index (χ3n) is 4.21. The highest BCUT2D eigenvalue weighted by Gasteiger charge is 2.24. The first kappa shape index (κ1) is 19.5. The van der Waals surface area contributed by atoms with E-state index in [1.165, 1.54) is 29.9 Å². The number of benzene rings is 1. The van der Waals surface area contributed by atoms with Gasteiger partial charge in [0, 0.05) is 11.2 Å². The lowest BCUT2D eigenvalue weighted by atomic mass is 10.2. The van der Waals surface area contributed by atoms with Crippen LogP contribution in [0.2, 0.25) is 5.02 Å². The summed E-state index contributed by atoms with van der Waals surface area (Å²) in [6, 6.07) is 3.33. The Morgan fingerprint density at radius 3 is 2.79 bits per heavy atom. The summed E-state index contributed by atoms with van der Waals surface area (Å²) in [5.74, 6) is -0.828. The summed E-state index contributed by atoms with van der Waals surface area (Å²) in [7, 11) is 0. The van der Waals surface area contributed by atoms with Gasteiger partial charge in [0.15, 0.2) is 0 Å². The fourth-order valence-corrected chi connectivity index (χ4v) is 2.91. The van der Waals surface area contributed by atoms with Gasteiger partial charge in [-0.1, -0.05) is 17.7 Å². The molecule has 0 aliphatic rings. The summed E-state index contributed by atoms with van der Waals surface area (Å²) < 4.78 is 16.0. The maximum atomic E-state index is 13.1. The van der Waals surface area contributed by atoms with Crippen molar-refractivity contribution in [2.45, 2.75) is 26.4 Å². The predicted octanol–water partition coefficient (Wildman–Crippen LogP) is 3.34. The Bertz CT molecular complexity index is 1050. The lowest BCUT2D eigenvalue weighted by Crippen LogP contribution is -2.25. The van der Waals surface area contributed by atoms with Crippen molar-refractivity contribution in [1.29, 1.82) is 0 Å². The number of nitrogens with one attached hydrogen (secondary N) is 1. The number of nitro groups is 1. The number of rotatable bonds is 6. The van der Waals surface area contributed by atoms with Crippen LogP contribution >= 0.6 is 11.6 Å². The second kappa shape index (κ2) is 7.77. The number of aromatic nitrogens is 4. The van der Waals surface area contributed by atoms with Crippen molar-refractivity contribution in [1.82, 2.24) is 19.6 Å². The molecule has 0 saturated heterocycles. The Morgan fingerprint density at radius 2 is 2.14 bits per heavy atom. The van der Waals surface area contributed by atoms with Crippen LogP contribution in [-0.2, 0) is 11.3 Å². The Kier molecular flexibility index (Phi) is 5.41. The van der Waals surface area contributed by atoms with Crippen molar-refractivity contribution in [2.75, 3.05) is 5.32 Å². The molecule has 0 aliphatic carbocycles. The number of hydrogen-bond acceptors (Lipinski definition) is 5. The number of carbonyl (C=O) groups excluding carboxylic acids is 1. The molecule has 0 spiro atoms. The molecule has 1 N–H and O–H groups in total. The smallest absolute Gasteiger partial charge is 0.309 e. The summed E-state index contributed by atoms with van der Waals surface area (Å²) in [5.41, 5.74) is 1.25. The van der Waals surface area contributed by atoms with E-state index in [2.05, 4.69) is 15.5 Å². The zero-order valence-corrected chi connectivity index (χ0v) is 15.7. The van der Waals surface area contributed by atoms with Crippen molar-refractivity contribution in [2.24, 2.45) is 0 Å². The van der Waals surface area contributed by atoms with E-state index >= 15 is 0 Å². The molecule has 0 radical (unpaired) electrons. The SMILES string of the molecule is Cc1c([N+](=O)[O-])cnn1C(C)C(=O)Nc1cnn(Cc2ccc(F)cc2Cl)c1. The minimum atomic E-state index is -0.761. The third kappa shape index (κ3) is 4.01. The quantitative estimate of drug-likeness (QED) is 0.499. The Hall–Kier alpha value is -3.27. The van der Waals surface area contributed by atoms with E-state index in [9.17, 15) is 19.3 Å². The summed E-state index contributed by atoms with van der Waals surface area (Å²) in [6.45, 7) is 3.41. The maximum Gasteiger partial charge on any atom is 0.309 e. The van der Waals surface area contributed by atoms with Crippen molar-refractivity contribution >= 4 is 28.9 Å². The Labute approximate surface area is 163 Å². The van der Waals surface area contributed by atoms with Crippen LogP contribution in [0.15, 0.2) is 36.8 Å². The Morgan fingerprint density at radius 1 is 1.39 bits per heavy atom. The molecule has 2 heterocycles. The van der Waals surface area contributed by atoms with Gasteiger partial charge in [-0.15, -0.1) is 0 Å². The minimum Gasteiger partial charge on any atom is -0.322 e. The minimum absolute atomic E-state index is 0.149. The van der Waals surface area contributed by atoms with Gasteiger partial charge in [0.05, 0.1) is 23.4 Å². The van der Waals surface area contributed by atoms with Gasteiger partial charge in [-0.25, -0.2) is 4.39 Å². The molecule has 28 heavy (non-hydrogen) atoms. The van der Waals surface area contributed by atoms with Crippen molar-refractivity contribution < 1.29 is 14.1 Å². The first-order chi connectivity index (χ1) is 13.3. The first-order valence-electron chi connectivity index (χ1n) is 8.22. The van der Waals surface area contributed by atoms with E-state index in [0.29, 0.717) is 17.8 Å². The number of anilines is 1. The summed E-state index contributed by atoms with van der Waals surface area (Å²) >= 11 is 6.01. The molecule has 1 amide bonds. The molecule has 9 nitrogen and oxygen atoms in total. The van der Waals surface area contributed by atoms with Gasteiger partial charge < -0.3 is 5.32 Å². The molecular formula is C17H16ClFN6O3. The molecule has 146 valence electrons. The molecule has 1 atom stereocenters. The fraction of sp³-hybridized carbons (Fsp3) is 0.235. The molecule has 1 aromatic carbocycles. The van der Waals surface area contributed by atoms with Gasteiger partial charge in [0.25, 0.3) is 0 Å². The van der Waals surface area contributed by atoms with Gasteiger partial charge in [0.2, 0.25) is 5.91 Å². The lowest BCUT2D eigenvalue weighted by molar-refractivity contribution is -0.385. The van der Waals surface area contributed by atoms with E-state index < -0.39 is 22.7 Å². The standard InChI is InChI=1S/C17H16ClFN6O3/c1-10-16(25(27)28)7-21-24(10)11(2)17(26)22-14-6-20-23(9-14)8-12-3-4-13(19)5-15(12)18/h3-7,9,11H,8H2,1-2H3,(H,22,26). The number of nitrogens with zero attached hydrogens (tertiary/aromatic N) is 5. The van der Waals surface area contributed by atoms with Crippen LogP contribution < -0.4 is 5.32 Å². The molecule has 11 heteroatoms. The molecule has 0 fully saturated rings. The fourth-order valence-electron chi connectivity index (χ4n) is 2.68. The van der Waals surface area contributed by atoms with Crippen LogP contribution in [0.3, 0.4) is 0 Å². The first-order valence-corrected chi connectivity index (χ1v) is 8.60. The molecule has 0 bridgehead atoms. The number of hydrogen-bond donors (Lipinski definition) is 1. The zero-order valence-electron chi connectivity index (χ0n) is 15.0. The van der Waals surface area contributed by atoms with Crippen LogP contribution in [0.5, 0.6) is 0 Å².